The van der Waals surface area contributed by atoms with Crippen LogP contribution >= 0.6 is 0 Å². The van der Waals surface area contributed by atoms with Crippen molar-refractivity contribution in [3.8, 4) is 5.69 Å². The Morgan fingerprint density at radius 2 is 1.60 bits per heavy atom. The van der Waals surface area contributed by atoms with E-state index in [-0.39, 0.29) is 27.7 Å². The molecule has 17 heteroatoms. The molecule has 0 fully saturated rings. The first-order valence-corrected chi connectivity index (χ1v) is 13.9. The molecule has 188 valence electrons. The van der Waals surface area contributed by atoms with Gasteiger partial charge in [-0.25, -0.2) is 17.3 Å². The van der Waals surface area contributed by atoms with Crippen LogP contribution in [0.15, 0.2) is 73.3 Å². The number of sulfone groups is 1. The second-order valence-corrected chi connectivity index (χ2v) is 11.6. The minimum absolute atomic E-state index is 0.0571. The summed E-state index contributed by atoms with van der Waals surface area (Å²) >= 11 is 0. The van der Waals surface area contributed by atoms with Gasteiger partial charge in [-0.3, -0.25) is 19.0 Å². The zero-order chi connectivity index (χ0) is 26.0. The Hall–Kier alpha value is -3.22. The van der Waals surface area contributed by atoms with Gasteiger partial charge in [-0.15, -0.1) is 5.11 Å². The number of benzene rings is 2. The van der Waals surface area contributed by atoms with Crippen molar-refractivity contribution < 1.29 is 38.5 Å². The molecule has 0 unspecified atom stereocenters. The molecule has 14 nitrogen and oxygen atoms in total. The van der Waals surface area contributed by atoms with Gasteiger partial charge < -0.3 is 0 Å². The second-order valence-electron chi connectivity index (χ2n) is 6.96. The van der Waals surface area contributed by atoms with Crippen molar-refractivity contribution in [1.82, 2.24) is 9.78 Å². The first kappa shape index (κ1) is 26.4. The number of hydrogen-bond acceptors (Lipinski definition) is 10. The third-order valence-corrected chi connectivity index (χ3v) is 7.43. The van der Waals surface area contributed by atoms with E-state index in [1.165, 1.54) is 37.3 Å². The molecule has 0 aliphatic rings. The molecule has 3 rings (SSSR count). The van der Waals surface area contributed by atoms with Crippen molar-refractivity contribution in [3.05, 3.63) is 64.6 Å². The van der Waals surface area contributed by atoms with Gasteiger partial charge in [0.25, 0.3) is 15.7 Å². The summed E-state index contributed by atoms with van der Waals surface area (Å²) in [4.78, 5) is 12.1. The summed E-state index contributed by atoms with van der Waals surface area (Å²) in [6.45, 7) is 0.711. The van der Waals surface area contributed by atoms with Gasteiger partial charge in [0.05, 0.1) is 39.2 Å². The fourth-order valence-electron chi connectivity index (χ4n) is 2.83. The number of aromatic amines is 1. The molecule has 0 saturated heterocycles. The lowest BCUT2D eigenvalue weighted by atomic mass is 10.3. The molecule has 0 bridgehead atoms. The third-order valence-electron chi connectivity index (χ3n) is 4.44. The number of nitrogens with zero attached hydrogens (tertiary/aromatic N) is 3. The van der Waals surface area contributed by atoms with Crippen LogP contribution in [0.2, 0.25) is 0 Å². The fraction of sp³-hybridized carbons (Fsp3) is 0.167. The van der Waals surface area contributed by atoms with Crippen molar-refractivity contribution in [3.63, 3.8) is 0 Å². The molecular formula is C18H18N4O10S3. The van der Waals surface area contributed by atoms with Crippen molar-refractivity contribution in [1.29, 1.82) is 0 Å². The Labute approximate surface area is 199 Å². The number of aryl methyl sites for hydroxylation is 1. The lowest BCUT2D eigenvalue weighted by molar-refractivity contribution is 0.284. The van der Waals surface area contributed by atoms with Gasteiger partial charge >= 0.3 is 10.4 Å². The Balaban J connectivity index is 1.88. The first-order chi connectivity index (χ1) is 16.2. The monoisotopic (exact) mass is 546 g/mol. The highest BCUT2D eigenvalue weighted by molar-refractivity contribution is 7.91. The molecular weight excluding hydrogens is 528 g/mol. The molecule has 0 amide bonds. The zero-order valence-electron chi connectivity index (χ0n) is 17.8. The van der Waals surface area contributed by atoms with Crippen LogP contribution in [-0.4, -0.2) is 56.5 Å². The molecule has 35 heavy (non-hydrogen) atoms. The van der Waals surface area contributed by atoms with Crippen molar-refractivity contribution in [2.45, 2.75) is 16.7 Å². The van der Waals surface area contributed by atoms with Gasteiger partial charge in [0.1, 0.15) is 0 Å². The van der Waals surface area contributed by atoms with E-state index in [0.717, 1.165) is 22.9 Å². The highest BCUT2D eigenvalue weighted by atomic mass is 32.3. The van der Waals surface area contributed by atoms with E-state index in [2.05, 4.69) is 19.5 Å². The van der Waals surface area contributed by atoms with Crippen LogP contribution in [0, 0.1) is 6.92 Å². The normalized spacial score (nSPS) is 12.9. The SMILES string of the molecule is Cc1[nH]n(-c2cccc(S(=O)(=O)O)c2)c(=O)c1N=Nc1cccc(S(=O)(=O)CCOS(=O)(=O)O)c1. The second kappa shape index (κ2) is 9.80. The largest absolute Gasteiger partial charge is 0.397 e. The average molecular weight is 547 g/mol. The molecule has 0 saturated carbocycles. The van der Waals surface area contributed by atoms with Gasteiger partial charge in [0.2, 0.25) is 0 Å². The maximum atomic E-state index is 12.8. The van der Waals surface area contributed by atoms with Crippen molar-refractivity contribution in [2.75, 3.05) is 12.4 Å². The lowest BCUT2D eigenvalue weighted by Gasteiger charge is -2.04. The van der Waals surface area contributed by atoms with Crippen LogP contribution in [0.4, 0.5) is 11.4 Å². The molecule has 0 aliphatic carbocycles. The van der Waals surface area contributed by atoms with Gasteiger partial charge in [-0.2, -0.15) is 21.9 Å². The van der Waals surface area contributed by atoms with Crippen molar-refractivity contribution in [2.24, 2.45) is 10.2 Å². The van der Waals surface area contributed by atoms with Crippen LogP contribution in [0.5, 0.6) is 0 Å². The molecule has 3 aromatic rings. The quantitative estimate of drug-likeness (QED) is 0.261. The maximum absolute atomic E-state index is 12.8. The van der Waals surface area contributed by atoms with Gasteiger partial charge in [0, 0.05) is 0 Å². The van der Waals surface area contributed by atoms with Crippen LogP contribution in [-0.2, 0) is 34.5 Å². The fourth-order valence-corrected chi connectivity index (χ4v) is 4.88. The van der Waals surface area contributed by atoms with Gasteiger partial charge in [-0.05, 0) is 43.3 Å². The minimum atomic E-state index is -4.79. The maximum Gasteiger partial charge on any atom is 0.397 e. The smallest absolute Gasteiger partial charge is 0.293 e. The first-order valence-electron chi connectivity index (χ1n) is 9.43. The number of H-pyrrole nitrogens is 1. The van der Waals surface area contributed by atoms with Crippen molar-refractivity contribution >= 4 is 41.7 Å². The minimum Gasteiger partial charge on any atom is -0.293 e. The van der Waals surface area contributed by atoms with E-state index in [9.17, 15) is 34.6 Å². The number of aromatic nitrogens is 2. The summed E-state index contributed by atoms with van der Waals surface area (Å²) in [7, 11) is -13.3. The van der Waals surface area contributed by atoms with E-state index in [4.69, 9.17) is 4.55 Å². The predicted molar refractivity (Wildman–Crippen MR) is 121 cm³/mol. The zero-order valence-corrected chi connectivity index (χ0v) is 20.2. The Bertz CT molecular complexity index is 1670. The van der Waals surface area contributed by atoms with Gasteiger partial charge in [-0.1, -0.05) is 12.1 Å². The van der Waals surface area contributed by atoms with E-state index in [1.807, 2.05) is 0 Å². The highest BCUT2D eigenvalue weighted by Gasteiger charge is 2.18. The highest BCUT2D eigenvalue weighted by Crippen LogP contribution is 2.23. The number of rotatable bonds is 9. The molecule has 3 N–H and O–H groups in total. The summed E-state index contributed by atoms with van der Waals surface area (Å²) < 4.78 is 91.4. The molecule has 2 aromatic carbocycles. The lowest BCUT2D eigenvalue weighted by Crippen LogP contribution is -2.15. The van der Waals surface area contributed by atoms with E-state index in [0.29, 0.717) is 0 Å². The van der Waals surface area contributed by atoms with E-state index < -0.39 is 53.2 Å². The average Bonchev–Trinajstić information content (AvgIpc) is 3.04. The molecule has 1 aromatic heterocycles. The standard InChI is InChI=1S/C18H18N4O10S3/c1-12-17(18(23)22(21-12)14-5-3-7-16(11-14)34(26,27)28)20-19-13-4-2-6-15(10-13)33(24,25)9-8-32-35(29,30)31/h2-7,10-11,21H,8-9H2,1H3,(H,26,27,28)(H,29,30,31). The summed E-state index contributed by atoms with van der Waals surface area (Å²) in [6, 6.07) is 10.1. The topological polar surface area (TPSA) is 215 Å². The third kappa shape index (κ3) is 6.68. The Kier molecular flexibility index (Phi) is 7.39. The summed E-state index contributed by atoms with van der Waals surface area (Å²) in [5, 5.41) is 10.5. The van der Waals surface area contributed by atoms with E-state index in [1.54, 1.807) is 0 Å². The van der Waals surface area contributed by atoms with Crippen LogP contribution in [0.3, 0.4) is 0 Å². The van der Waals surface area contributed by atoms with Crippen LogP contribution < -0.4 is 5.56 Å². The Morgan fingerprint density at radius 1 is 0.943 bits per heavy atom. The van der Waals surface area contributed by atoms with E-state index >= 15 is 0 Å². The molecule has 0 aliphatic heterocycles. The summed E-state index contributed by atoms with van der Waals surface area (Å²) in [5.74, 6) is -0.738. The molecule has 0 atom stereocenters. The summed E-state index contributed by atoms with van der Waals surface area (Å²) in [5.41, 5.74) is -0.402. The predicted octanol–water partition coefficient (Wildman–Crippen LogP) is 1.73. The molecule has 0 radical (unpaired) electrons. The Morgan fingerprint density at radius 3 is 2.26 bits per heavy atom. The number of nitrogens with one attached hydrogen (secondary N) is 1. The molecule has 0 spiro atoms. The summed E-state index contributed by atoms with van der Waals surface area (Å²) in [6.07, 6.45) is 0. The van der Waals surface area contributed by atoms with Crippen LogP contribution in [0.1, 0.15) is 5.69 Å². The number of azo groups is 1. The van der Waals surface area contributed by atoms with Gasteiger partial charge in [0.15, 0.2) is 15.5 Å². The molecule has 1 heterocycles. The number of hydrogen-bond donors (Lipinski definition) is 3. The van der Waals surface area contributed by atoms with Crippen LogP contribution in [0.25, 0.3) is 5.69 Å².